The van der Waals surface area contributed by atoms with E-state index in [9.17, 15) is 0 Å². The standard InChI is InChI=1S/C23H25N5/c1-17(19-14-26-27(2)16-19)13-25-23-11-10-21(12-22(23)24)28(15-18-8-9-18)20-6-4-3-5-7-20/h3-7,10-14,16,18H,1,8-9,15,24H2,2H3/b25-13-. The molecule has 0 aliphatic heterocycles. The van der Waals surface area contributed by atoms with Crippen LogP contribution in [0.1, 0.15) is 18.4 Å². The lowest BCUT2D eigenvalue weighted by Gasteiger charge is -2.25. The Hall–Kier alpha value is -3.34. The van der Waals surface area contributed by atoms with E-state index in [0.717, 1.165) is 35.0 Å². The van der Waals surface area contributed by atoms with E-state index in [2.05, 4.69) is 51.9 Å². The zero-order valence-electron chi connectivity index (χ0n) is 16.1. The summed E-state index contributed by atoms with van der Waals surface area (Å²) in [5.74, 6) is 0.766. The van der Waals surface area contributed by atoms with Crippen molar-refractivity contribution in [2.24, 2.45) is 18.0 Å². The van der Waals surface area contributed by atoms with Crippen molar-refractivity contribution in [2.75, 3.05) is 17.2 Å². The number of hydrogen-bond donors (Lipinski definition) is 1. The Balaban J connectivity index is 1.56. The molecule has 0 saturated heterocycles. The fraction of sp³-hybridized carbons (Fsp3) is 0.217. The van der Waals surface area contributed by atoms with Gasteiger partial charge in [-0.15, -0.1) is 0 Å². The first kappa shape index (κ1) is 18.0. The summed E-state index contributed by atoms with van der Waals surface area (Å²) < 4.78 is 1.75. The number of aryl methyl sites for hydroxylation is 1. The van der Waals surface area contributed by atoms with Gasteiger partial charge < -0.3 is 10.6 Å². The molecular formula is C23H25N5. The molecule has 4 rings (SSSR count). The molecule has 0 amide bonds. The number of nitrogens with zero attached hydrogens (tertiary/aromatic N) is 4. The molecule has 1 aliphatic carbocycles. The van der Waals surface area contributed by atoms with Crippen molar-refractivity contribution < 1.29 is 0 Å². The van der Waals surface area contributed by atoms with Crippen molar-refractivity contribution in [1.82, 2.24) is 9.78 Å². The maximum atomic E-state index is 6.33. The van der Waals surface area contributed by atoms with Gasteiger partial charge in [-0.25, -0.2) is 0 Å². The quantitative estimate of drug-likeness (QED) is 0.471. The number of rotatable bonds is 7. The van der Waals surface area contributed by atoms with Crippen LogP contribution in [0.5, 0.6) is 0 Å². The molecule has 0 atom stereocenters. The molecule has 1 fully saturated rings. The Morgan fingerprint density at radius 2 is 2.04 bits per heavy atom. The van der Waals surface area contributed by atoms with Gasteiger partial charge in [-0.05, 0) is 54.7 Å². The molecular weight excluding hydrogens is 346 g/mol. The second-order valence-electron chi connectivity index (χ2n) is 7.32. The van der Waals surface area contributed by atoms with Crippen molar-refractivity contribution in [2.45, 2.75) is 12.8 Å². The molecule has 1 heterocycles. The maximum Gasteiger partial charge on any atom is 0.0860 e. The van der Waals surface area contributed by atoms with Crippen LogP contribution in [0.2, 0.25) is 0 Å². The lowest BCUT2D eigenvalue weighted by atomic mass is 10.1. The molecule has 5 nitrogen and oxygen atoms in total. The van der Waals surface area contributed by atoms with Crippen LogP contribution in [0.4, 0.5) is 22.7 Å². The van der Waals surface area contributed by atoms with E-state index in [4.69, 9.17) is 5.73 Å². The highest BCUT2D eigenvalue weighted by atomic mass is 15.2. The molecule has 142 valence electrons. The number of aromatic nitrogens is 2. The third-order valence-electron chi connectivity index (χ3n) is 4.96. The van der Waals surface area contributed by atoms with Gasteiger partial charge >= 0.3 is 0 Å². The Bertz CT molecular complexity index is 999. The van der Waals surface area contributed by atoms with Gasteiger partial charge in [0.2, 0.25) is 0 Å². The maximum absolute atomic E-state index is 6.33. The van der Waals surface area contributed by atoms with Crippen LogP contribution in [-0.4, -0.2) is 22.5 Å². The molecule has 0 radical (unpaired) electrons. The topological polar surface area (TPSA) is 59.4 Å². The molecule has 3 aromatic rings. The zero-order chi connectivity index (χ0) is 19.5. The monoisotopic (exact) mass is 371 g/mol. The highest BCUT2D eigenvalue weighted by molar-refractivity contribution is 6.09. The van der Waals surface area contributed by atoms with Crippen molar-refractivity contribution in [3.05, 3.63) is 73.1 Å². The average molecular weight is 371 g/mol. The van der Waals surface area contributed by atoms with Gasteiger partial charge in [0.1, 0.15) is 0 Å². The Labute approximate surface area is 165 Å². The number of nitrogens with two attached hydrogens (primary N) is 1. The number of anilines is 3. The van der Waals surface area contributed by atoms with Gasteiger partial charge in [0.25, 0.3) is 0 Å². The molecule has 5 heteroatoms. The normalized spacial score (nSPS) is 13.8. The summed E-state index contributed by atoms with van der Waals surface area (Å²) in [5, 5.41) is 4.16. The smallest absolute Gasteiger partial charge is 0.0860 e. The predicted octanol–water partition coefficient (Wildman–Crippen LogP) is 4.97. The number of nitrogen functional groups attached to an aromatic ring is 1. The molecule has 1 aromatic heterocycles. The van der Waals surface area contributed by atoms with Crippen LogP contribution < -0.4 is 10.6 Å². The van der Waals surface area contributed by atoms with Crippen molar-refractivity contribution in [1.29, 1.82) is 0 Å². The molecule has 1 saturated carbocycles. The molecule has 0 unspecified atom stereocenters. The summed E-state index contributed by atoms with van der Waals surface area (Å²) in [5.41, 5.74) is 11.8. The minimum absolute atomic E-state index is 0.657. The summed E-state index contributed by atoms with van der Waals surface area (Å²) in [4.78, 5) is 6.88. The lowest BCUT2D eigenvalue weighted by Crippen LogP contribution is -2.19. The second kappa shape index (κ2) is 7.72. The van der Waals surface area contributed by atoms with Crippen LogP contribution in [-0.2, 0) is 7.05 Å². The molecule has 0 spiro atoms. The van der Waals surface area contributed by atoms with Crippen LogP contribution in [0.25, 0.3) is 5.57 Å². The third-order valence-corrected chi connectivity index (χ3v) is 4.96. The highest BCUT2D eigenvalue weighted by Gasteiger charge is 2.25. The summed E-state index contributed by atoms with van der Waals surface area (Å²) >= 11 is 0. The number of para-hydroxylation sites is 1. The van der Waals surface area contributed by atoms with E-state index in [-0.39, 0.29) is 0 Å². The van der Waals surface area contributed by atoms with Crippen molar-refractivity contribution in [3.8, 4) is 0 Å². The van der Waals surface area contributed by atoms with E-state index in [0.29, 0.717) is 5.69 Å². The van der Waals surface area contributed by atoms with Crippen LogP contribution in [0.15, 0.2) is 72.5 Å². The first-order valence-electron chi connectivity index (χ1n) is 9.54. The van der Waals surface area contributed by atoms with E-state index < -0.39 is 0 Å². The average Bonchev–Trinajstić information content (AvgIpc) is 3.43. The summed E-state index contributed by atoms with van der Waals surface area (Å²) in [6, 6.07) is 16.5. The number of aliphatic imine (C=N–C) groups is 1. The van der Waals surface area contributed by atoms with E-state index in [1.54, 1.807) is 17.1 Å². The molecule has 0 bridgehead atoms. The second-order valence-corrected chi connectivity index (χ2v) is 7.32. The zero-order valence-corrected chi connectivity index (χ0v) is 16.1. The minimum atomic E-state index is 0.657. The van der Waals surface area contributed by atoms with Crippen LogP contribution in [0.3, 0.4) is 0 Å². The lowest BCUT2D eigenvalue weighted by molar-refractivity contribution is 0.767. The molecule has 2 N–H and O–H groups in total. The fourth-order valence-corrected chi connectivity index (χ4v) is 3.16. The van der Waals surface area contributed by atoms with Gasteiger partial charge in [-0.2, -0.15) is 5.10 Å². The van der Waals surface area contributed by atoms with E-state index in [1.165, 1.54) is 18.5 Å². The first-order valence-corrected chi connectivity index (χ1v) is 9.54. The van der Waals surface area contributed by atoms with Gasteiger partial charge in [0.15, 0.2) is 0 Å². The van der Waals surface area contributed by atoms with Gasteiger partial charge in [-0.3, -0.25) is 9.67 Å². The highest BCUT2D eigenvalue weighted by Crippen LogP contribution is 2.37. The first-order chi connectivity index (χ1) is 13.6. The summed E-state index contributed by atoms with van der Waals surface area (Å²) in [6.07, 6.45) is 8.03. The number of hydrogen-bond acceptors (Lipinski definition) is 4. The third kappa shape index (κ3) is 4.14. The predicted molar refractivity (Wildman–Crippen MR) is 117 cm³/mol. The summed E-state index contributed by atoms with van der Waals surface area (Å²) in [7, 11) is 1.88. The largest absolute Gasteiger partial charge is 0.397 e. The van der Waals surface area contributed by atoms with Gasteiger partial charge in [0, 0.05) is 42.9 Å². The Kier molecular flexibility index (Phi) is 4.98. The van der Waals surface area contributed by atoms with Gasteiger partial charge in [-0.1, -0.05) is 24.8 Å². The van der Waals surface area contributed by atoms with Crippen LogP contribution in [0, 0.1) is 5.92 Å². The molecule has 1 aliphatic rings. The van der Waals surface area contributed by atoms with Crippen molar-refractivity contribution in [3.63, 3.8) is 0 Å². The van der Waals surface area contributed by atoms with Crippen LogP contribution >= 0.6 is 0 Å². The SMILES string of the molecule is C=C(/C=N\c1ccc(N(CC2CC2)c2ccccc2)cc1N)c1cnn(C)c1. The minimum Gasteiger partial charge on any atom is -0.397 e. The number of allylic oxidation sites excluding steroid dienone is 1. The van der Waals surface area contributed by atoms with Gasteiger partial charge in [0.05, 0.1) is 17.6 Å². The van der Waals surface area contributed by atoms with E-state index in [1.807, 2.05) is 31.4 Å². The Morgan fingerprint density at radius 3 is 2.68 bits per heavy atom. The number of benzene rings is 2. The fourth-order valence-electron chi connectivity index (χ4n) is 3.16. The molecule has 2 aromatic carbocycles. The molecule has 28 heavy (non-hydrogen) atoms. The Morgan fingerprint density at radius 1 is 1.25 bits per heavy atom. The summed E-state index contributed by atoms with van der Waals surface area (Å²) in [6.45, 7) is 5.07. The van der Waals surface area contributed by atoms with Crippen molar-refractivity contribution >= 4 is 34.5 Å². The van der Waals surface area contributed by atoms with E-state index >= 15 is 0 Å².